The van der Waals surface area contributed by atoms with Gasteiger partial charge >= 0.3 is 0 Å². The van der Waals surface area contributed by atoms with Crippen molar-refractivity contribution in [2.75, 3.05) is 13.1 Å². The number of nitrogens with two attached hydrogens (primary N) is 1. The fourth-order valence-electron chi connectivity index (χ4n) is 2.50. The molecule has 0 aliphatic carbocycles. The zero-order valence-electron chi connectivity index (χ0n) is 12.1. The van der Waals surface area contributed by atoms with Gasteiger partial charge in [0.05, 0.1) is 0 Å². The Morgan fingerprint density at radius 3 is 2.52 bits per heavy atom. The van der Waals surface area contributed by atoms with E-state index in [1.165, 1.54) is 5.56 Å². The summed E-state index contributed by atoms with van der Waals surface area (Å²) in [6.07, 6.45) is 0. The molecule has 2 N–H and O–H groups in total. The van der Waals surface area contributed by atoms with Crippen molar-refractivity contribution in [3.63, 3.8) is 0 Å². The Morgan fingerprint density at radius 2 is 1.90 bits per heavy atom. The zero-order chi connectivity index (χ0) is 15.2. The highest BCUT2D eigenvalue weighted by Crippen LogP contribution is 2.30. The monoisotopic (exact) mass is 366 g/mol. The molecule has 0 spiro atoms. The molecule has 2 rings (SSSR count). The molecule has 0 aliphatic heterocycles. The quantitative estimate of drug-likeness (QED) is 0.807. The minimum atomic E-state index is 0.111. The van der Waals surface area contributed by atoms with Crippen molar-refractivity contribution in [1.29, 1.82) is 0 Å². The summed E-state index contributed by atoms with van der Waals surface area (Å²) in [5.74, 6) is 0. The van der Waals surface area contributed by atoms with Gasteiger partial charge in [-0.3, -0.25) is 4.90 Å². The summed E-state index contributed by atoms with van der Waals surface area (Å²) in [6, 6.07) is 16.5. The van der Waals surface area contributed by atoms with Crippen LogP contribution in [0.25, 0.3) is 0 Å². The normalized spacial score (nSPS) is 12.6. The van der Waals surface area contributed by atoms with Gasteiger partial charge in [0.1, 0.15) is 0 Å². The highest BCUT2D eigenvalue weighted by molar-refractivity contribution is 9.10. The van der Waals surface area contributed by atoms with Crippen LogP contribution >= 0.6 is 27.5 Å². The van der Waals surface area contributed by atoms with Crippen LogP contribution in [0.2, 0.25) is 5.02 Å². The average Bonchev–Trinajstić information content (AvgIpc) is 2.51. The Bertz CT molecular complexity index is 574. The number of nitrogens with zero attached hydrogens (tertiary/aromatic N) is 1. The molecule has 0 amide bonds. The van der Waals surface area contributed by atoms with Gasteiger partial charge in [0.15, 0.2) is 0 Å². The van der Waals surface area contributed by atoms with Gasteiger partial charge in [0.25, 0.3) is 0 Å². The van der Waals surface area contributed by atoms with E-state index in [-0.39, 0.29) is 6.04 Å². The fraction of sp³-hybridized carbons (Fsp3) is 0.294. The van der Waals surface area contributed by atoms with Crippen LogP contribution in [0.1, 0.15) is 24.1 Å². The maximum Gasteiger partial charge on any atom is 0.0489 e. The molecule has 0 radical (unpaired) electrons. The molecule has 0 heterocycles. The van der Waals surface area contributed by atoms with Gasteiger partial charge in [0.2, 0.25) is 0 Å². The van der Waals surface area contributed by atoms with Gasteiger partial charge < -0.3 is 5.73 Å². The summed E-state index contributed by atoms with van der Waals surface area (Å²) in [5, 5.41) is 0.764. The molecule has 2 aromatic carbocycles. The molecule has 0 aromatic heterocycles. The number of benzene rings is 2. The van der Waals surface area contributed by atoms with Crippen LogP contribution < -0.4 is 5.73 Å². The largest absolute Gasteiger partial charge is 0.329 e. The lowest BCUT2D eigenvalue weighted by Crippen LogP contribution is -2.33. The molecule has 0 aliphatic rings. The third-order valence-corrected chi connectivity index (χ3v) is 4.45. The second-order valence-electron chi connectivity index (χ2n) is 4.97. The molecule has 4 heteroatoms. The van der Waals surface area contributed by atoms with Crippen LogP contribution in [-0.4, -0.2) is 18.0 Å². The van der Waals surface area contributed by atoms with Crippen molar-refractivity contribution >= 4 is 27.5 Å². The van der Waals surface area contributed by atoms with Crippen LogP contribution in [0.15, 0.2) is 53.0 Å². The van der Waals surface area contributed by atoms with E-state index in [4.69, 9.17) is 17.3 Å². The molecule has 2 nitrogen and oxygen atoms in total. The van der Waals surface area contributed by atoms with Crippen molar-refractivity contribution in [2.24, 2.45) is 5.73 Å². The van der Waals surface area contributed by atoms with Crippen molar-refractivity contribution in [3.8, 4) is 0 Å². The third kappa shape index (κ3) is 4.30. The van der Waals surface area contributed by atoms with Crippen LogP contribution in [0, 0.1) is 0 Å². The predicted molar refractivity (Wildman–Crippen MR) is 93.5 cm³/mol. The fourth-order valence-corrected chi connectivity index (χ4v) is 3.13. The Balaban J connectivity index is 2.27. The topological polar surface area (TPSA) is 29.3 Å². The molecule has 1 atom stereocenters. The summed E-state index contributed by atoms with van der Waals surface area (Å²) < 4.78 is 1.02. The Labute approximate surface area is 140 Å². The maximum absolute atomic E-state index is 6.37. The highest BCUT2D eigenvalue weighted by atomic mass is 79.9. The molecule has 0 bridgehead atoms. The molecule has 21 heavy (non-hydrogen) atoms. The smallest absolute Gasteiger partial charge is 0.0489 e. The lowest BCUT2D eigenvalue weighted by molar-refractivity contribution is 0.203. The number of likely N-dealkylation sites (N-methyl/N-ethyl adjacent to an activating group) is 1. The summed E-state index contributed by atoms with van der Waals surface area (Å²) in [6.45, 7) is 4.47. The van der Waals surface area contributed by atoms with Gasteiger partial charge in [0, 0.05) is 28.6 Å². The molecule has 0 saturated carbocycles. The van der Waals surface area contributed by atoms with Crippen LogP contribution in [-0.2, 0) is 6.54 Å². The zero-order valence-corrected chi connectivity index (χ0v) is 14.4. The van der Waals surface area contributed by atoms with E-state index >= 15 is 0 Å². The first kappa shape index (κ1) is 16.5. The highest BCUT2D eigenvalue weighted by Gasteiger charge is 2.20. The Kier molecular flexibility index (Phi) is 6.24. The van der Waals surface area contributed by atoms with Gasteiger partial charge in [-0.25, -0.2) is 0 Å². The predicted octanol–water partition coefficient (Wildman–Crippen LogP) is 4.62. The average molecular weight is 368 g/mol. The minimum Gasteiger partial charge on any atom is -0.329 e. The van der Waals surface area contributed by atoms with Gasteiger partial charge in [-0.05, 0) is 35.9 Å². The number of halogens is 2. The summed E-state index contributed by atoms with van der Waals surface area (Å²) in [5.41, 5.74) is 8.39. The Hall–Kier alpha value is -0.870. The van der Waals surface area contributed by atoms with Crippen molar-refractivity contribution in [2.45, 2.75) is 19.5 Å². The van der Waals surface area contributed by atoms with Crippen molar-refractivity contribution in [3.05, 3.63) is 69.2 Å². The van der Waals surface area contributed by atoms with Gasteiger partial charge in [-0.2, -0.15) is 0 Å². The van der Waals surface area contributed by atoms with Gasteiger partial charge in [-0.1, -0.05) is 64.8 Å². The second-order valence-corrected chi connectivity index (χ2v) is 6.29. The summed E-state index contributed by atoms with van der Waals surface area (Å²) >= 11 is 9.88. The second kappa shape index (κ2) is 7.95. The first-order valence-electron chi connectivity index (χ1n) is 7.08. The van der Waals surface area contributed by atoms with Crippen LogP contribution in [0.4, 0.5) is 0 Å². The lowest BCUT2D eigenvalue weighted by Gasteiger charge is -2.31. The molecular weight excluding hydrogens is 348 g/mol. The standard InChI is InChI=1S/C17H20BrClN2/c1-2-21(12-13-6-4-3-5-7-13)17(11-20)15-10-14(18)8-9-16(15)19/h3-10,17H,2,11-12,20H2,1H3. The molecule has 1 unspecified atom stereocenters. The van der Waals surface area contributed by atoms with Gasteiger partial charge in [-0.15, -0.1) is 0 Å². The van der Waals surface area contributed by atoms with Crippen LogP contribution in [0.5, 0.6) is 0 Å². The lowest BCUT2D eigenvalue weighted by atomic mass is 10.0. The number of rotatable bonds is 6. The Morgan fingerprint density at radius 1 is 1.19 bits per heavy atom. The molecular formula is C17H20BrClN2. The first-order valence-corrected chi connectivity index (χ1v) is 8.25. The number of hydrogen-bond donors (Lipinski definition) is 1. The third-order valence-electron chi connectivity index (χ3n) is 3.62. The molecule has 0 fully saturated rings. The van der Waals surface area contributed by atoms with E-state index in [1.807, 2.05) is 18.2 Å². The van der Waals surface area contributed by atoms with Crippen molar-refractivity contribution < 1.29 is 0 Å². The van der Waals surface area contributed by atoms with E-state index in [0.717, 1.165) is 28.1 Å². The van der Waals surface area contributed by atoms with E-state index in [9.17, 15) is 0 Å². The molecule has 0 saturated heterocycles. The molecule has 2 aromatic rings. The summed E-state index contributed by atoms with van der Waals surface area (Å²) in [7, 11) is 0. The SMILES string of the molecule is CCN(Cc1ccccc1)C(CN)c1cc(Br)ccc1Cl. The maximum atomic E-state index is 6.37. The summed E-state index contributed by atoms with van der Waals surface area (Å²) in [4.78, 5) is 2.35. The van der Waals surface area contributed by atoms with E-state index in [1.54, 1.807) is 0 Å². The minimum absolute atomic E-state index is 0.111. The van der Waals surface area contributed by atoms with Crippen molar-refractivity contribution in [1.82, 2.24) is 4.90 Å². The van der Waals surface area contributed by atoms with E-state index in [0.29, 0.717) is 6.54 Å². The van der Waals surface area contributed by atoms with E-state index in [2.05, 4.69) is 58.1 Å². The first-order chi connectivity index (χ1) is 10.2. The van der Waals surface area contributed by atoms with Crippen LogP contribution in [0.3, 0.4) is 0 Å². The molecule has 112 valence electrons. The number of hydrogen-bond acceptors (Lipinski definition) is 2. The van der Waals surface area contributed by atoms with E-state index < -0.39 is 0 Å².